The van der Waals surface area contributed by atoms with Crippen LogP contribution in [0.15, 0.2) is 66.9 Å². The molecule has 4 amide bonds. The lowest BCUT2D eigenvalue weighted by Crippen LogP contribution is -2.59. The summed E-state index contributed by atoms with van der Waals surface area (Å²) in [4.78, 5) is 46.1. The molecule has 10 nitrogen and oxygen atoms in total. The number of hydrogen-bond acceptors (Lipinski definition) is 7. The Morgan fingerprint density at radius 1 is 1.00 bits per heavy atom. The van der Waals surface area contributed by atoms with Crippen molar-refractivity contribution in [1.29, 1.82) is 0 Å². The first kappa shape index (κ1) is 28.6. The van der Waals surface area contributed by atoms with E-state index in [2.05, 4.69) is 10.3 Å². The number of pyridine rings is 1. The van der Waals surface area contributed by atoms with Gasteiger partial charge in [0.1, 0.15) is 23.2 Å². The standard InChI is InChI=1S/C30H26ClFN4O6/c1-4-35-16-21(29(38)36(30(35)39)19-8-5-17(32)6-9-19)28(37)34-18-7-10-25(22(31)13-18)42-24-11-12-33-23-15-27(41-3)26(40-2)14-20(23)24/h5-15,21H,4,16H2,1-3H3,(H,34,37). The number of fused-ring (bicyclic) bond motifs is 1. The number of rotatable bonds is 8. The quantitative estimate of drug-likeness (QED) is 0.254. The summed E-state index contributed by atoms with van der Waals surface area (Å²) in [6.07, 6.45) is 1.59. The van der Waals surface area contributed by atoms with Gasteiger partial charge in [0.25, 0.3) is 0 Å². The first-order chi connectivity index (χ1) is 20.2. The van der Waals surface area contributed by atoms with Crippen molar-refractivity contribution in [1.82, 2.24) is 9.88 Å². The van der Waals surface area contributed by atoms with Crippen molar-refractivity contribution < 1.29 is 33.0 Å². The fourth-order valence-corrected chi connectivity index (χ4v) is 4.82. The maximum absolute atomic E-state index is 13.5. The van der Waals surface area contributed by atoms with Gasteiger partial charge in [0.05, 0.1) is 30.4 Å². The molecular formula is C30H26ClFN4O6. The third-order valence-electron chi connectivity index (χ3n) is 6.79. The van der Waals surface area contributed by atoms with Gasteiger partial charge in [-0.05, 0) is 61.5 Å². The van der Waals surface area contributed by atoms with Crippen molar-refractivity contribution in [2.45, 2.75) is 6.92 Å². The number of hydrogen-bond donors (Lipinski definition) is 1. The second kappa shape index (κ2) is 11.9. The summed E-state index contributed by atoms with van der Waals surface area (Å²) < 4.78 is 30.3. The highest BCUT2D eigenvalue weighted by molar-refractivity contribution is 6.32. The van der Waals surface area contributed by atoms with Gasteiger partial charge in [-0.25, -0.2) is 14.1 Å². The lowest BCUT2D eigenvalue weighted by Gasteiger charge is -2.37. The molecule has 42 heavy (non-hydrogen) atoms. The highest BCUT2D eigenvalue weighted by Gasteiger charge is 2.43. The molecule has 4 aromatic rings. The maximum atomic E-state index is 13.5. The van der Waals surface area contributed by atoms with E-state index in [1.54, 1.807) is 43.5 Å². The fraction of sp³-hybridized carbons (Fsp3) is 0.200. The van der Waals surface area contributed by atoms with Crippen molar-refractivity contribution >= 4 is 51.7 Å². The van der Waals surface area contributed by atoms with E-state index in [0.717, 1.165) is 17.0 Å². The predicted octanol–water partition coefficient (Wildman–Crippen LogP) is 5.88. The second-order valence-electron chi connectivity index (χ2n) is 9.29. The molecule has 1 aliphatic heterocycles. The van der Waals surface area contributed by atoms with Gasteiger partial charge in [0.2, 0.25) is 11.8 Å². The Balaban J connectivity index is 1.36. The number of aromatic nitrogens is 1. The van der Waals surface area contributed by atoms with E-state index >= 15 is 0 Å². The summed E-state index contributed by atoms with van der Waals surface area (Å²) in [6.45, 7) is 1.91. The summed E-state index contributed by atoms with van der Waals surface area (Å²) in [5, 5.41) is 3.57. The molecule has 216 valence electrons. The molecule has 1 aromatic heterocycles. The van der Waals surface area contributed by atoms with Crippen LogP contribution in [0.4, 0.5) is 20.6 Å². The average molecular weight is 593 g/mol. The Hall–Kier alpha value is -4.90. The lowest BCUT2D eigenvalue weighted by atomic mass is 10.0. The highest BCUT2D eigenvalue weighted by Crippen LogP contribution is 2.39. The number of ether oxygens (including phenoxy) is 3. The molecule has 1 atom stereocenters. The Kier molecular flexibility index (Phi) is 8.12. The summed E-state index contributed by atoms with van der Waals surface area (Å²) in [7, 11) is 3.07. The number of benzene rings is 3. The Labute approximate surface area is 245 Å². The highest BCUT2D eigenvalue weighted by atomic mass is 35.5. The number of nitrogens with zero attached hydrogens (tertiary/aromatic N) is 3. The monoisotopic (exact) mass is 592 g/mol. The molecule has 0 aliphatic carbocycles. The van der Waals surface area contributed by atoms with Gasteiger partial charge in [-0.3, -0.25) is 14.6 Å². The zero-order valence-corrected chi connectivity index (χ0v) is 23.6. The van der Waals surface area contributed by atoms with E-state index in [1.807, 2.05) is 0 Å². The molecule has 12 heteroatoms. The third-order valence-corrected chi connectivity index (χ3v) is 7.09. The fourth-order valence-electron chi connectivity index (χ4n) is 4.60. The Bertz CT molecular complexity index is 1680. The number of halogens is 2. The van der Waals surface area contributed by atoms with E-state index in [9.17, 15) is 18.8 Å². The zero-order valence-electron chi connectivity index (χ0n) is 22.9. The number of urea groups is 1. The van der Waals surface area contributed by atoms with Crippen molar-refractivity contribution in [2.75, 3.05) is 37.5 Å². The Morgan fingerprint density at radius 3 is 2.38 bits per heavy atom. The number of methoxy groups -OCH3 is 2. The normalized spacial score (nSPS) is 15.1. The number of nitrogens with one attached hydrogen (secondary N) is 1. The number of carbonyl (C=O) groups excluding carboxylic acids is 3. The van der Waals surface area contributed by atoms with Crippen LogP contribution in [-0.4, -0.2) is 55.0 Å². The van der Waals surface area contributed by atoms with Crippen molar-refractivity contribution in [3.05, 3.63) is 77.7 Å². The molecule has 0 saturated carbocycles. The van der Waals surface area contributed by atoms with Gasteiger partial charge < -0.3 is 24.4 Å². The predicted molar refractivity (Wildman–Crippen MR) is 155 cm³/mol. The lowest BCUT2D eigenvalue weighted by molar-refractivity contribution is -0.132. The third kappa shape index (κ3) is 5.51. The number of amides is 4. The SMILES string of the molecule is CCN1CC(C(=O)Nc2ccc(Oc3ccnc4cc(OC)c(OC)cc34)c(Cl)c2)C(=O)N(c2ccc(F)cc2)C1=O. The van der Waals surface area contributed by atoms with Gasteiger partial charge in [0, 0.05) is 36.4 Å². The molecule has 0 radical (unpaired) electrons. The van der Waals surface area contributed by atoms with Crippen LogP contribution < -0.4 is 24.4 Å². The number of imide groups is 1. The van der Waals surface area contributed by atoms with E-state index < -0.39 is 29.6 Å². The van der Waals surface area contributed by atoms with Crippen LogP contribution in [0.2, 0.25) is 5.02 Å². The minimum Gasteiger partial charge on any atom is -0.493 e. The van der Waals surface area contributed by atoms with Crippen LogP contribution in [0, 0.1) is 11.7 Å². The summed E-state index contributed by atoms with van der Waals surface area (Å²) >= 11 is 6.52. The van der Waals surface area contributed by atoms with Crippen molar-refractivity contribution in [3.63, 3.8) is 0 Å². The average Bonchev–Trinajstić information content (AvgIpc) is 2.99. The molecular weight excluding hydrogens is 567 g/mol. The molecule has 0 bridgehead atoms. The minimum atomic E-state index is -1.20. The molecule has 1 N–H and O–H groups in total. The number of anilines is 2. The van der Waals surface area contributed by atoms with Gasteiger partial charge in [-0.1, -0.05) is 11.6 Å². The van der Waals surface area contributed by atoms with Gasteiger partial charge in [-0.2, -0.15) is 0 Å². The number of carbonyl (C=O) groups is 3. The van der Waals surface area contributed by atoms with Crippen LogP contribution in [0.5, 0.6) is 23.0 Å². The van der Waals surface area contributed by atoms with E-state index in [0.29, 0.717) is 39.6 Å². The smallest absolute Gasteiger partial charge is 0.331 e. The van der Waals surface area contributed by atoms with Crippen LogP contribution >= 0.6 is 11.6 Å². The van der Waals surface area contributed by atoms with Gasteiger partial charge in [0.15, 0.2) is 11.5 Å². The first-order valence-electron chi connectivity index (χ1n) is 12.9. The molecule has 2 heterocycles. The second-order valence-corrected chi connectivity index (χ2v) is 9.70. The van der Waals surface area contributed by atoms with Crippen LogP contribution in [0.1, 0.15) is 6.92 Å². The molecule has 5 rings (SSSR count). The summed E-state index contributed by atoms with van der Waals surface area (Å²) in [5.74, 6) is -1.23. The summed E-state index contributed by atoms with van der Waals surface area (Å²) in [6, 6.07) is 14.2. The molecule has 3 aromatic carbocycles. The minimum absolute atomic E-state index is 0.101. The summed E-state index contributed by atoms with van der Waals surface area (Å²) in [5.41, 5.74) is 1.12. The van der Waals surface area contributed by atoms with E-state index in [4.69, 9.17) is 25.8 Å². The van der Waals surface area contributed by atoms with Crippen molar-refractivity contribution in [2.24, 2.45) is 5.92 Å². The molecule has 1 aliphatic rings. The first-order valence-corrected chi connectivity index (χ1v) is 13.3. The van der Waals surface area contributed by atoms with Crippen LogP contribution in [0.3, 0.4) is 0 Å². The van der Waals surface area contributed by atoms with Crippen LogP contribution in [-0.2, 0) is 9.59 Å². The van der Waals surface area contributed by atoms with Gasteiger partial charge >= 0.3 is 6.03 Å². The van der Waals surface area contributed by atoms with Crippen molar-refractivity contribution in [3.8, 4) is 23.0 Å². The maximum Gasteiger partial charge on any atom is 0.331 e. The molecule has 1 saturated heterocycles. The Morgan fingerprint density at radius 2 is 1.71 bits per heavy atom. The van der Waals surface area contributed by atoms with E-state index in [1.165, 1.54) is 37.3 Å². The topological polar surface area (TPSA) is 110 Å². The van der Waals surface area contributed by atoms with Gasteiger partial charge in [-0.15, -0.1) is 0 Å². The molecule has 1 fully saturated rings. The van der Waals surface area contributed by atoms with Crippen LogP contribution in [0.25, 0.3) is 10.9 Å². The largest absolute Gasteiger partial charge is 0.493 e. The van der Waals surface area contributed by atoms with E-state index in [-0.39, 0.29) is 23.8 Å². The molecule has 0 spiro atoms. The zero-order chi connectivity index (χ0) is 30.0. The molecule has 1 unspecified atom stereocenters.